The monoisotopic (exact) mass is 481 g/mol. The highest BCUT2D eigenvalue weighted by Crippen LogP contribution is 2.37. The van der Waals surface area contributed by atoms with Crippen molar-refractivity contribution < 1.29 is 19.1 Å². The normalized spacial score (nSPS) is 14.3. The van der Waals surface area contributed by atoms with Crippen LogP contribution in [0.3, 0.4) is 0 Å². The Bertz CT molecular complexity index is 1100. The Hall–Kier alpha value is -2.86. The third-order valence-corrected chi connectivity index (χ3v) is 6.38. The Kier molecular flexibility index (Phi) is 6.56. The Balaban J connectivity index is 1.49. The molecule has 1 amide bonds. The quantitative estimate of drug-likeness (QED) is 0.431. The van der Waals surface area contributed by atoms with E-state index in [4.69, 9.17) is 9.47 Å². The third-order valence-electron chi connectivity index (χ3n) is 5.59. The summed E-state index contributed by atoms with van der Waals surface area (Å²) < 4.78 is 11.8. The van der Waals surface area contributed by atoms with E-state index in [0.717, 1.165) is 40.9 Å². The van der Waals surface area contributed by atoms with E-state index in [1.165, 1.54) is 6.42 Å². The first kappa shape index (κ1) is 21.4. The van der Waals surface area contributed by atoms with Crippen LogP contribution in [0.15, 0.2) is 59.1 Å². The molecule has 0 heterocycles. The van der Waals surface area contributed by atoms with Gasteiger partial charge in [-0.2, -0.15) is 0 Å². The van der Waals surface area contributed by atoms with Crippen LogP contribution in [0.25, 0.3) is 10.8 Å². The van der Waals surface area contributed by atoms with Crippen LogP contribution >= 0.6 is 15.9 Å². The third kappa shape index (κ3) is 4.74. The van der Waals surface area contributed by atoms with E-state index in [2.05, 4.69) is 21.2 Å². The molecule has 1 fully saturated rings. The number of rotatable bonds is 5. The molecule has 0 aromatic heterocycles. The number of nitrogens with one attached hydrogen (secondary N) is 1. The minimum absolute atomic E-state index is 0.0134. The lowest BCUT2D eigenvalue weighted by molar-refractivity contribution is 0.0211. The summed E-state index contributed by atoms with van der Waals surface area (Å²) in [6.45, 7) is 0. The Morgan fingerprint density at radius 2 is 1.71 bits per heavy atom. The molecule has 0 aliphatic heterocycles. The van der Waals surface area contributed by atoms with Crippen molar-refractivity contribution in [3.63, 3.8) is 0 Å². The first-order valence-corrected chi connectivity index (χ1v) is 11.2. The van der Waals surface area contributed by atoms with Crippen molar-refractivity contribution in [1.29, 1.82) is 0 Å². The van der Waals surface area contributed by atoms with Crippen LogP contribution in [0.5, 0.6) is 5.75 Å². The summed E-state index contributed by atoms with van der Waals surface area (Å²) in [7, 11) is 1.54. The summed E-state index contributed by atoms with van der Waals surface area (Å²) in [4.78, 5) is 25.3. The van der Waals surface area contributed by atoms with E-state index in [1.54, 1.807) is 31.4 Å². The lowest BCUT2D eigenvalue weighted by Gasteiger charge is -2.21. The van der Waals surface area contributed by atoms with Crippen LogP contribution in [-0.2, 0) is 4.74 Å². The second-order valence-electron chi connectivity index (χ2n) is 7.69. The number of esters is 1. The zero-order valence-electron chi connectivity index (χ0n) is 17.3. The van der Waals surface area contributed by atoms with Gasteiger partial charge in [-0.05, 0) is 82.7 Å². The van der Waals surface area contributed by atoms with E-state index in [1.807, 2.05) is 30.3 Å². The number of anilines is 1. The number of hydrogen-bond acceptors (Lipinski definition) is 4. The number of halogens is 1. The van der Waals surface area contributed by atoms with Crippen molar-refractivity contribution >= 4 is 44.3 Å². The van der Waals surface area contributed by atoms with Gasteiger partial charge in [0.15, 0.2) is 0 Å². The van der Waals surface area contributed by atoms with E-state index < -0.39 is 0 Å². The molecule has 31 heavy (non-hydrogen) atoms. The van der Waals surface area contributed by atoms with Crippen LogP contribution in [0.2, 0.25) is 0 Å². The van der Waals surface area contributed by atoms with Crippen molar-refractivity contribution in [2.75, 3.05) is 12.4 Å². The fraction of sp³-hybridized carbons (Fsp3) is 0.280. The predicted molar refractivity (Wildman–Crippen MR) is 125 cm³/mol. The molecule has 0 bridgehead atoms. The lowest BCUT2D eigenvalue weighted by Crippen LogP contribution is -2.21. The molecule has 1 aliphatic rings. The summed E-state index contributed by atoms with van der Waals surface area (Å²) in [6.07, 6.45) is 5.31. The smallest absolute Gasteiger partial charge is 0.338 e. The Morgan fingerprint density at radius 1 is 1.00 bits per heavy atom. The maximum atomic E-state index is 13.0. The number of benzene rings is 3. The van der Waals surface area contributed by atoms with Gasteiger partial charge in [-0.1, -0.05) is 30.7 Å². The van der Waals surface area contributed by atoms with Gasteiger partial charge in [0.1, 0.15) is 11.9 Å². The van der Waals surface area contributed by atoms with E-state index >= 15 is 0 Å². The van der Waals surface area contributed by atoms with Crippen molar-refractivity contribution in [2.45, 2.75) is 38.2 Å². The first-order chi connectivity index (χ1) is 15.1. The summed E-state index contributed by atoms with van der Waals surface area (Å²) in [5.74, 6) is -0.130. The average Bonchev–Trinajstić information content (AvgIpc) is 2.80. The van der Waals surface area contributed by atoms with Gasteiger partial charge in [0.05, 0.1) is 22.7 Å². The molecule has 3 aromatic carbocycles. The molecule has 0 saturated heterocycles. The minimum atomic E-state index is -0.315. The van der Waals surface area contributed by atoms with Gasteiger partial charge in [0.2, 0.25) is 0 Å². The number of amides is 1. The number of ether oxygens (including phenoxy) is 2. The predicted octanol–water partition coefficient (Wildman–Crippen LogP) is 6.35. The standard InChI is InChI=1S/C25H24BrNO4/c1-30-23-21(15-17-7-5-6-10-20(17)22(23)26)24(28)27-18-13-11-16(12-14-18)25(29)31-19-8-3-2-4-9-19/h5-7,10-15,19H,2-4,8-9H2,1H3,(H,27,28). The van der Waals surface area contributed by atoms with Crippen molar-refractivity contribution in [3.05, 3.63) is 70.2 Å². The Labute approximate surface area is 189 Å². The summed E-state index contributed by atoms with van der Waals surface area (Å²) >= 11 is 3.56. The topological polar surface area (TPSA) is 64.6 Å². The highest BCUT2D eigenvalue weighted by Gasteiger charge is 2.20. The molecule has 1 N–H and O–H groups in total. The molecule has 1 saturated carbocycles. The zero-order valence-corrected chi connectivity index (χ0v) is 18.9. The van der Waals surface area contributed by atoms with E-state index in [-0.39, 0.29) is 18.0 Å². The second-order valence-corrected chi connectivity index (χ2v) is 8.48. The fourth-order valence-electron chi connectivity index (χ4n) is 3.94. The van der Waals surface area contributed by atoms with Gasteiger partial charge in [-0.3, -0.25) is 4.79 Å². The van der Waals surface area contributed by atoms with Crippen LogP contribution in [0, 0.1) is 0 Å². The molecule has 4 rings (SSSR count). The van der Waals surface area contributed by atoms with Gasteiger partial charge < -0.3 is 14.8 Å². The van der Waals surface area contributed by atoms with Crippen LogP contribution < -0.4 is 10.1 Å². The van der Waals surface area contributed by atoms with Gasteiger partial charge in [-0.25, -0.2) is 4.79 Å². The highest BCUT2D eigenvalue weighted by atomic mass is 79.9. The molecule has 3 aromatic rings. The van der Waals surface area contributed by atoms with Crippen LogP contribution in [0.1, 0.15) is 52.8 Å². The zero-order chi connectivity index (χ0) is 21.8. The van der Waals surface area contributed by atoms with Gasteiger partial charge >= 0.3 is 5.97 Å². The lowest BCUT2D eigenvalue weighted by atomic mass is 9.98. The number of carbonyl (C=O) groups is 2. The molecular weight excluding hydrogens is 458 g/mol. The van der Waals surface area contributed by atoms with Gasteiger partial charge in [0, 0.05) is 5.69 Å². The average molecular weight is 482 g/mol. The number of methoxy groups -OCH3 is 1. The highest BCUT2D eigenvalue weighted by molar-refractivity contribution is 9.10. The molecule has 0 atom stereocenters. The molecule has 0 unspecified atom stereocenters. The summed E-state index contributed by atoms with van der Waals surface area (Å²) in [5.41, 5.74) is 1.49. The maximum Gasteiger partial charge on any atom is 0.338 e. The van der Waals surface area contributed by atoms with E-state index in [0.29, 0.717) is 22.6 Å². The van der Waals surface area contributed by atoms with Gasteiger partial charge in [0.25, 0.3) is 5.91 Å². The molecule has 5 nitrogen and oxygen atoms in total. The van der Waals surface area contributed by atoms with Crippen molar-refractivity contribution in [1.82, 2.24) is 0 Å². The largest absolute Gasteiger partial charge is 0.495 e. The molecule has 160 valence electrons. The molecule has 0 radical (unpaired) electrons. The molecular formula is C25H24BrNO4. The Morgan fingerprint density at radius 3 is 2.42 bits per heavy atom. The second kappa shape index (κ2) is 9.52. The van der Waals surface area contributed by atoms with Crippen LogP contribution in [-0.4, -0.2) is 25.1 Å². The van der Waals surface area contributed by atoms with Gasteiger partial charge in [-0.15, -0.1) is 0 Å². The molecule has 1 aliphatic carbocycles. The summed E-state index contributed by atoms with van der Waals surface area (Å²) in [6, 6.07) is 16.3. The molecule has 0 spiro atoms. The number of hydrogen-bond donors (Lipinski definition) is 1. The maximum absolute atomic E-state index is 13.0. The van der Waals surface area contributed by atoms with Crippen molar-refractivity contribution in [2.24, 2.45) is 0 Å². The van der Waals surface area contributed by atoms with Crippen molar-refractivity contribution in [3.8, 4) is 5.75 Å². The summed E-state index contributed by atoms with van der Waals surface area (Å²) in [5, 5.41) is 4.78. The fourth-order valence-corrected chi connectivity index (χ4v) is 4.68. The SMILES string of the molecule is COc1c(C(=O)Nc2ccc(C(=O)OC3CCCCC3)cc2)cc2ccccc2c1Br. The number of fused-ring (bicyclic) bond motifs is 1. The minimum Gasteiger partial charge on any atom is -0.495 e. The van der Waals surface area contributed by atoms with Crippen LogP contribution in [0.4, 0.5) is 5.69 Å². The molecule has 6 heteroatoms. The number of carbonyl (C=O) groups excluding carboxylic acids is 2. The first-order valence-electron chi connectivity index (χ1n) is 10.4. The van der Waals surface area contributed by atoms with E-state index in [9.17, 15) is 9.59 Å².